The van der Waals surface area contributed by atoms with Gasteiger partial charge >= 0.3 is 0 Å². The first-order valence-corrected chi connectivity index (χ1v) is 9.72. The summed E-state index contributed by atoms with van der Waals surface area (Å²) in [4.78, 5) is 28.7. The molecule has 1 saturated heterocycles. The Morgan fingerprint density at radius 1 is 1.14 bits per heavy atom. The van der Waals surface area contributed by atoms with Crippen LogP contribution in [0.2, 0.25) is 0 Å². The molecule has 0 saturated carbocycles. The van der Waals surface area contributed by atoms with Gasteiger partial charge in [-0.3, -0.25) is 9.59 Å². The van der Waals surface area contributed by atoms with Crippen molar-refractivity contribution in [2.75, 3.05) is 56.3 Å². The highest BCUT2D eigenvalue weighted by molar-refractivity contribution is 5.96. The fraction of sp³-hybridized carbons (Fsp3) is 0.364. The second kappa shape index (κ2) is 9.93. The van der Waals surface area contributed by atoms with Crippen molar-refractivity contribution in [2.45, 2.75) is 6.92 Å². The minimum absolute atomic E-state index is 0.0682. The van der Waals surface area contributed by atoms with E-state index in [0.29, 0.717) is 37.6 Å². The third-order valence-corrected chi connectivity index (χ3v) is 4.86. The van der Waals surface area contributed by atoms with Crippen LogP contribution in [0, 0.1) is 0 Å². The summed E-state index contributed by atoms with van der Waals surface area (Å²) in [6, 6.07) is 14.8. The van der Waals surface area contributed by atoms with Gasteiger partial charge in [0.25, 0.3) is 5.91 Å². The zero-order chi connectivity index (χ0) is 20.6. The number of rotatable bonds is 7. The van der Waals surface area contributed by atoms with Crippen LogP contribution < -0.4 is 19.9 Å². The van der Waals surface area contributed by atoms with Crippen LogP contribution in [0.25, 0.3) is 0 Å². The molecule has 7 nitrogen and oxygen atoms in total. The molecule has 154 valence electrons. The van der Waals surface area contributed by atoms with Gasteiger partial charge in [0.1, 0.15) is 5.75 Å². The van der Waals surface area contributed by atoms with Crippen LogP contribution in [0.1, 0.15) is 17.3 Å². The highest BCUT2D eigenvalue weighted by Crippen LogP contribution is 2.30. The normalized spacial score (nSPS) is 13.7. The molecule has 2 aromatic rings. The number of para-hydroxylation sites is 2. The minimum Gasteiger partial charge on any atom is -0.497 e. The number of morpholine rings is 1. The Morgan fingerprint density at radius 3 is 2.62 bits per heavy atom. The van der Waals surface area contributed by atoms with Crippen molar-refractivity contribution < 1.29 is 19.1 Å². The van der Waals surface area contributed by atoms with Gasteiger partial charge in [0.15, 0.2) is 0 Å². The van der Waals surface area contributed by atoms with Crippen molar-refractivity contribution in [2.24, 2.45) is 0 Å². The predicted molar refractivity (Wildman–Crippen MR) is 113 cm³/mol. The molecule has 29 heavy (non-hydrogen) atoms. The van der Waals surface area contributed by atoms with E-state index in [0.717, 1.165) is 24.5 Å². The molecule has 7 heteroatoms. The minimum atomic E-state index is -0.200. The van der Waals surface area contributed by atoms with Crippen LogP contribution in [-0.2, 0) is 9.53 Å². The van der Waals surface area contributed by atoms with Gasteiger partial charge in [-0.05, 0) is 30.3 Å². The van der Waals surface area contributed by atoms with Crippen LogP contribution >= 0.6 is 0 Å². The quantitative estimate of drug-likeness (QED) is 0.776. The number of amides is 2. The summed E-state index contributed by atoms with van der Waals surface area (Å²) in [6.07, 6.45) is 0. The lowest BCUT2D eigenvalue weighted by molar-refractivity contribution is -0.116. The van der Waals surface area contributed by atoms with Crippen molar-refractivity contribution in [1.29, 1.82) is 0 Å². The van der Waals surface area contributed by atoms with Crippen molar-refractivity contribution in [3.63, 3.8) is 0 Å². The van der Waals surface area contributed by atoms with Gasteiger partial charge in [0.2, 0.25) is 5.91 Å². The molecule has 0 radical (unpaired) electrons. The van der Waals surface area contributed by atoms with Gasteiger partial charge in [-0.15, -0.1) is 0 Å². The number of anilines is 2. The fourth-order valence-corrected chi connectivity index (χ4v) is 3.36. The number of carbonyl (C=O) groups is 2. The standard InChI is InChI=1S/C22H27N3O4/c1-17(26)25(11-10-23-22(27)18-6-5-7-19(16-18)28-2)21-9-4-3-8-20(21)24-12-14-29-15-13-24/h3-9,16H,10-15H2,1-2H3,(H,23,27). The number of hydrogen-bond donors (Lipinski definition) is 1. The summed E-state index contributed by atoms with van der Waals surface area (Å²) >= 11 is 0. The Morgan fingerprint density at radius 2 is 1.90 bits per heavy atom. The molecular weight excluding hydrogens is 370 g/mol. The number of hydrogen-bond acceptors (Lipinski definition) is 5. The van der Waals surface area contributed by atoms with E-state index in [1.807, 2.05) is 24.3 Å². The molecule has 1 aliphatic rings. The number of carbonyl (C=O) groups excluding carboxylic acids is 2. The summed E-state index contributed by atoms with van der Waals surface area (Å²) in [7, 11) is 1.56. The predicted octanol–water partition coefficient (Wildman–Crippen LogP) is 2.31. The highest BCUT2D eigenvalue weighted by Gasteiger charge is 2.20. The number of nitrogens with zero attached hydrogens (tertiary/aromatic N) is 2. The van der Waals surface area contributed by atoms with Gasteiger partial charge in [-0.2, -0.15) is 0 Å². The number of ether oxygens (including phenoxy) is 2. The zero-order valence-electron chi connectivity index (χ0n) is 16.9. The fourth-order valence-electron chi connectivity index (χ4n) is 3.36. The van der Waals surface area contributed by atoms with E-state index in [9.17, 15) is 9.59 Å². The van der Waals surface area contributed by atoms with Crippen molar-refractivity contribution in [1.82, 2.24) is 5.32 Å². The maximum atomic E-state index is 12.4. The van der Waals surface area contributed by atoms with E-state index in [1.165, 1.54) is 0 Å². The smallest absolute Gasteiger partial charge is 0.251 e. The molecule has 1 heterocycles. The Bertz CT molecular complexity index is 849. The maximum Gasteiger partial charge on any atom is 0.251 e. The zero-order valence-corrected chi connectivity index (χ0v) is 16.9. The molecular formula is C22H27N3O4. The SMILES string of the molecule is COc1cccc(C(=O)NCCN(C(C)=O)c2ccccc2N2CCOCC2)c1. The summed E-state index contributed by atoms with van der Waals surface area (Å²) in [5.41, 5.74) is 2.37. The molecule has 3 rings (SSSR count). The first-order valence-electron chi connectivity index (χ1n) is 9.72. The Kier molecular flexibility index (Phi) is 7.08. The number of benzene rings is 2. The molecule has 1 aliphatic heterocycles. The van der Waals surface area contributed by atoms with E-state index in [-0.39, 0.29) is 11.8 Å². The third-order valence-electron chi connectivity index (χ3n) is 4.86. The summed E-state index contributed by atoms with van der Waals surface area (Å²) in [5.74, 6) is 0.359. The second-order valence-electron chi connectivity index (χ2n) is 6.75. The van der Waals surface area contributed by atoms with Gasteiger partial charge in [-0.1, -0.05) is 18.2 Å². The molecule has 2 amide bonds. The molecule has 0 aromatic heterocycles. The first-order chi connectivity index (χ1) is 14.1. The van der Waals surface area contributed by atoms with Crippen LogP contribution in [-0.4, -0.2) is 58.3 Å². The largest absolute Gasteiger partial charge is 0.497 e. The Hall–Kier alpha value is -3.06. The van der Waals surface area contributed by atoms with Gasteiger partial charge in [-0.25, -0.2) is 0 Å². The lowest BCUT2D eigenvalue weighted by Gasteiger charge is -2.33. The van der Waals surface area contributed by atoms with E-state index in [1.54, 1.807) is 43.2 Å². The Balaban J connectivity index is 1.68. The average Bonchev–Trinajstić information content (AvgIpc) is 2.77. The molecule has 0 aliphatic carbocycles. The number of methoxy groups -OCH3 is 1. The van der Waals surface area contributed by atoms with Crippen LogP contribution in [0.4, 0.5) is 11.4 Å². The van der Waals surface area contributed by atoms with E-state index < -0.39 is 0 Å². The molecule has 0 unspecified atom stereocenters. The molecule has 1 N–H and O–H groups in total. The molecule has 2 aromatic carbocycles. The first kappa shape index (κ1) is 20.7. The van der Waals surface area contributed by atoms with Crippen LogP contribution in [0.5, 0.6) is 5.75 Å². The monoisotopic (exact) mass is 397 g/mol. The van der Waals surface area contributed by atoms with E-state index in [2.05, 4.69) is 10.2 Å². The van der Waals surface area contributed by atoms with Gasteiger partial charge in [0, 0.05) is 38.7 Å². The number of nitrogens with one attached hydrogen (secondary N) is 1. The van der Waals surface area contributed by atoms with Crippen molar-refractivity contribution in [3.8, 4) is 5.75 Å². The lowest BCUT2D eigenvalue weighted by atomic mass is 10.2. The van der Waals surface area contributed by atoms with Gasteiger partial charge in [0.05, 0.1) is 31.7 Å². The maximum absolute atomic E-state index is 12.4. The molecule has 0 bridgehead atoms. The van der Waals surface area contributed by atoms with Crippen LogP contribution in [0.15, 0.2) is 48.5 Å². The lowest BCUT2D eigenvalue weighted by Crippen LogP contribution is -2.40. The molecule has 1 fully saturated rings. The summed E-state index contributed by atoms with van der Waals surface area (Å²) < 4.78 is 10.6. The van der Waals surface area contributed by atoms with Crippen molar-refractivity contribution in [3.05, 3.63) is 54.1 Å². The topological polar surface area (TPSA) is 71.1 Å². The van der Waals surface area contributed by atoms with Crippen molar-refractivity contribution >= 4 is 23.2 Å². The van der Waals surface area contributed by atoms with Gasteiger partial charge < -0.3 is 24.6 Å². The third kappa shape index (κ3) is 5.26. The summed E-state index contributed by atoms with van der Waals surface area (Å²) in [5, 5.41) is 2.88. The van der Waals surface area contributed by atoms with Crippen LogP contribution in [0.3, 0.4) is 0 Å². The molecule has 0 atom stereocenters. The summed E-state index contributed by atoms with van der Waals surface area (Å²) in [6.45, 7) is 5.18. The second-order valence-corrected chi connectivity index (χ2v) is 6.75. The molecule has 0 spiro atoms. The van der Waals surface area contributed by atoms with E-state index in [4.69, 9.17) is 9.47 Å². The average molecular weight is 397 g/mol. The van der Waals surface area contributed by atoms with E-state index >= 15 is 0 Å². The highest BCUT2D eigenvalue weighted by atomic mass is 16.5. The Labute approximate surface area is 171 Å².